The van der Waals surface area contributed by atoms with E-state index in [-0.39, 0.29) is 6.61 Å². The zero-order chi connectivity index (χ0) is 13.0. The third kappa shape index (κ3) is 2.62. The lowest BCUT2D eigenvalue weighted by Crippen LogP contribution is -2.28. The molecule has 0 fully saturated rings. The van der Waals surface area contributed by atoms with Crippen LogP contribution in [-0.4, -0.2) is 34.8 Å². The van der Waals surface area contributed by atoms with E-state index >= 15 is 0 Å². The second-order valence-electron chi connectivity index (χ2n) is 4.17. The van der Waals surface area contributed by atoms with Crippen molar-refractivity contribution in [2.75, 3.05) is 24.6 Å². The van der Waals surface area contributed by atoms with E-state index in [2.05, 4.69) is 34.8 Å². The van der Waals surface area contributed by atoms with Gasteiger partial charge in [0, 0.05) is 19.5 Å². The minimum absolute atomic E-state index is 0.150. The van der Waals surface area contributed by atoms with Gasteiger partial charge in [0.2, 0.25) is 0 Å². The van der Waals surface area contributed by atoms with Gasteiger partial charge in [-0.25, -0.2) is 9.97 Å². The average Bonchev–Trinajstić information content (AvgIpc) is 2.85. The number of aliphatic hydroxyl groups is 1. The molecule has 2 aromatic heterocycles. The fourth-order valence-corrected chi connectivity index (χ4v) is 2.77. The van der Waals surface area contributed by atoms with Crippen molar-refractivity contribution in [2.24, 2.45) is 0 Å². The molecule has 0 saturated carbocycles. The molecular weight excluding hydrogens is 246 g/mol. The SMILES string of the molecule is CCCN(CCO)c1nc(CC)nc2sccc12. The summed E-state index contributed by atoms with van der Waals surface area (Å²) in [4.78, 5) is 12.4. The van der Waals surface area contributed by atoms with Crippen LogP contribution in [0.3, 0.4) is 0 Å². The van der Waals surface area contributed by atoms with Crippen molar-refractivity contribution >= 4 is 27.4 Å². The van der Waals surface area contributed by atoms with E-state index < -0.39 is 0 Å². The molecule has 0 amide bonds. The van der Waals surface area contributed by atoms with Crippen molar-refractivity contribution in [3.63, 3.8) is 0 Å². The maximum atomic E-state index is 9.19. The molecule has 5 heteroatoms. The van der Waals surface area contributed by atoms with Gasteiger partial charge >= 0.3 is 0 Å². The van der Waals surface area contributed by atoms with E-state index in [1.807, 2.05) is 5.38 Å². The van der Waals surface area contributed by atoms with E-state index in [9.17, 15) is 5.11 Å². The van der Waals surface area contributed by atoms with Crippen LogP contribution in [0.15, 0.2) is 11.4 Å². The number of fused-ring (bicyclic) bond motifs is 1. The number of nitrogens with zero attached hydrogens (tertiary/aromatic N) is 3. The third-order valence-corrected chi connectivity index (χ3v) is 3.64. The molecular formula is C13H19N3OS. The number of aromatic nitrogens is 2. The summed E-state index contributed by atoms with van der Waals surface area (Å²) >= 11 is 1.64. The quantitative estimate of drug-likeness (QED) is 0.871. The summed E-state index contributed by atoms with van der Waals surface area (Å²) in [5.74, 6) is 1.84. The molecule has 0 aromatic carbocycles. The second-order valence-corrected chi connectivity index (χ2v) is 5.06. The predicted molar refractivity (Wildman–Crippen MR) is 76.4 cm³/mol. The van der Waals surface area contributed by atoms with Gasteiger partial charge in [-0.05, 0) is 17.9 Å². The van der Waals surface area contributed by atoms with Crippen molar-refractivity contribution in [3.8, 4) is 0 Å². The van der Waals surface area contributed by atoms with Crippen LogP contribution in [0.1, 0.15) is 26.1 Å². The van der Waals surface area contributed by atoms with Gasteiger partial charge in [0.15, 0.2) is 0 Å². The molecule has 2 aromatic rings. The van der Waals surface area contributed by atoms with Crippen molar-refractivity contribution < 1.29 is 5.11 Å². The minimum atomic E-state index is 0.150. The highest BCUT2D eigenvalue weighted by Crippen LogP contribution is 2.28. The summed E-state index contributed by atoms with van der Waals surface area (Å²) in [5.41, 5.74) is 0. The number of rotatable bonds is 6. The Bertz CT molecular complexity index is 506. The Morgan fingerprint density at radius 2 is 2.11 bits per heavy atom. The fraction of sp³-hybridized carbons (Fsp3) is 0.538. The lowest BCUT2D eigenvalue weighted by molar-refractivity contribution is 0.301. The minimum Gasteiger partial charge on any atom is -0.395 e. The summed E-state index contributed by atoms with van der Waals surface area (Å²) in [6.07, 6.45) is 1.87. The molecule has 0 spiro atoms. The van der Waals surface area contributed by atoms with E-state index in [0.717, 1.165) is 41.2 Å². The van der Waals surface area contributed by atoms with Crippen LogP contribution in [0, 0.1) is 0 Å². The number of anilines is 1. The van der Waals surface area contributed by atoms with Gasteiger partial charge in [-0.15, -0.1) is 11.3 Å². The van der Waals surface area contributed by atoms with Gasteiger partial charge in [-0.2, -0.15) is 0 Å². The van der Waals surface area contributed by atoms with E-state index in [4.69, 9.17) is 0 Å². The molecule has 18 heavy (non-hydrogen) atoms. The topological polar surface area (TPSA) is 49.2 Å². The van der Waals surface area contributed by atoms with Gasteiger partial charge in [0.05, 0.1) is 12.0 Å². The second kappa shape index (κ2) is 6.11. The summed E-state index contributed by atoms with van der Waals surface area (Å²) in [6, 6.07) is 2.06. The zero-order valence-electron chi connectivity index (χ0n) is 10.9. The number of aryl methyl sites for hydroxylation is 1. The Morgan fingerprint density at radius 3 is 2.78 bits per heavy atom. The van der Waals surface area contributed by atoms with Crippen molar-refractivity contribution in [3.05, 3.63) is 17.3 Å². The molecule has 2 heterocycles. The standard InChI is InChI=1S/C13H19N3OS/c1-3-6-16(7-8-17)12-10-5-9-18-13(10)15-11(4-2)14-12/h5,9,17H,3-4,6-8H2,1-2H3. The molecule has 0 saturated heterocycles. The fourth-order valence-electron chi connectivity index (χ4n) is 2.00. The monoisotopic (exact) mass is 265 g/mol. The maximum Gasteiger partial charge on any atom is 0.141 e. The van der Waals surface area contributed by atoms with Crippen molar-refractivity contribution in [1.29, 1.82) is 0 Å². The van der Waals surface area contributed by atoms with Crippen LogP contribution >= 0.6 is 11.3 Å². The van der Waals surface area contributed by atoms with Gasteiger partial charge in [0.25, 0.3) is 0 Å². The van der Waals surface area contributed by atoms with Crippen molar-refractivity contribution in [1.82, 2.24) is 9.97 Å². The Labute approximate surface area is 111 Å². The zero-order valence-corrected chi connectivity index (χ0v) is 11.7. The molecule has 98 valence electrons. The number of hydrogen-bond donors (Lipinski definition) is 1. The number of thiophene rings is 1. The molecule has 0 aliphatic carbocycles. The first-order valence-corrected chi connectivity index (χ1v) is 7.28. The van der Waals surface area contributed by atoms with Crippen LogP contribution < -0.4 is 4.90 Å². The van der Waals surface area contributed by atoms with Gasteiger partial charge in [-0.1, -0.05) is 13.8 Å². The summed E-state index contributed by atoms with van der Waals surface area (Å²) in [5, 5.41) is 12.3. The van der Waals surface area contributed by atoms with Gasteiger partial charge in [0.1, 0.15) is 16.5 Å². The predicted octanol–water partition coefficient (Wildman–Crippen LogP) is 2.46. The molecule has 0 aliphatic heterocycles. The summed E-state index contributed by atoms with van der Waals surface area (Å²) in [7, 11) is 0. The number of hydrogen-bond acceptors (Lipinski definition) is 5. The van der Waals surface area contributed by atoms with E-state index in [1.54, 1.807) is 11.3 Å². The molecule has 0 aliphatic rings. The molecule has 0 atom stereocenters. The normalized spacial score (nSPS) is 11.1. The highest BCUT2D eigenvalue weighted by Gasteiger charge is 2.14. The van der Waals surface area contributed by atoms with Crippen LogP contribution in [0.4, 0.5) is 5.82 Å². The summed E-state index contributed by atoms with van der Waals surface area (Å²) in [6.45, 7) is 5.88. The smallest absolute Gasteiger partial charge is 0.141 e. The molecule has 2 rings (SSSR count). The van der Waals surface area contributed by atoms with Crippen LogP contribution in [0.2, 0.25) is 0 Å². The Kier molecular flexibility index (Phi) is 4.49. The average molecular weight is 265 g/mol. The molecule has 4 nitrogen and oxygen atoms in total. The molecule has 0 bridgehead atoms. The van der Waals surface area contributed by atoms with Crippen LogP contribution in [0.25, 0.3) is 10.2 Å². The first-order chi connectivity index (χ1) is 8.80. The lowest BCUT2D eigenvalue weighted by Gasteiger charge is -2.23. The van der Waals surface area contributed by atoms with Gasteiger partial charge in [-0.3, -0.25) is 0 Å². The Balaban J connectivity index is 2.48. The Morgan fingerprint density at radius 1 is 1.28 bits per heavy atom. The molecule has 0 unspecified atom stereocenters. The first-order valence-electron chi connectivity index (χ1n) is 6.40. The van der Waals surface area contributed by atoms with E-state index in [1.165, 1.54) is 0 Å². The number of aliphatic hydroxyl groups excluding tert-OH is 1. The lowest BCUT2D eigenvalue weighted by atomic mass is 10.3. The highest BCUT2D eigenvalue weighted by molar-refractivity contribution is 7.16. The highest BCUT2D eigenvalue weighted by atomic mass is 32.1. The van der Waals surface area contributed by atoms with E-state index in [0.29, 0.717) is 6.54 Å². The third-order valence-electron chi connectivity index (χ3n) is 2.83. The first kappa shape index (κ1) is 13.2. The molecule has 1 N–H and O–H groups in total. The largest absolute Gasteiger partial charge is 0.395 e. The van der Waals surface area contributed by atoms with Crippen LogP contribution in [-0.2, 0) is 6.42 Å². The van der Waals surface area contributed by atoms with Crippen LogP contribution in [0.5, 0.6) is 0 Å². The Hall–Kier alpha value is -1.20. The van der Waals surface area contributed by atoms with Crippen molar-refractivity contribution in [2.45, 2.75) is 26.7 Å². The maximum absolute atomic E-state index is 9.19. The summed E-state index contributed by atoms with van der Waals surface area (Å²) < 4.78 is 0. The van der Waals surface area contributed by atoms with Gasteiger partial charge < -0.3 is 10.0 Å². The molecule has 0 radical (unpaired) electrons.